The van der Waals surface area contributed by atoms with Gasteiger partial charge in [-0.2, -0.15) is 0 Å². The first-order chi connectivity index (χ1) is 20.9. The minimum atomic E-state index is -0.447. The summed E-state index contributed by atoms with van der Waals surface area (Å²) in [4.78, 5) is 23.2. The number of allylic oxidation sites excluding steroid dienone is 3. The number of esters is 1. The molecule has 0 aliphatic rings. The van der Waals surface area contributed by atoms with E-state index in [1.54, 1.807) is 18.9 Å². The van der Waals surface area contributed by atoms with Gasteiger partial charge >= 0.3 is 39.9 Å². The Morgan fingerprint density at radius 3 is 1.84 bits per heavy atom. The summed E-state index contributed by atoms with van der Waals surface area (Å²) >= 11 is 0. The number of benzene rings is 2. The van der Waals surface area contributed by atoms with E-state index in [1.807, 2.05) is 67.6 Å². The number of hydrogen-bond donors (Lipinski definition) is 0. The van der Waals surface area contributed by atoms with Gasteiger partial charge in [0.05, 0.1) is 6.10 Å². The third-order valence-electron chi connectivity index (χ3n) is 6.16. The van der Waals surface area contributed by atoms with Crippen LogP contribution in [-0.2, 0) is 50.1 Å². The van der Waals surface area contributed by atoms with Crippen molar-refractivity contribution in [3.8, 4) is 0 Å². The molecular weight excluding hydrogens is 600 g/mol. The second-order valence-corrected chi connectivity index (χ2v) is 9.63. The molecule has 2 aromatic carbocycles. The van der Waals surface area contributed by atoms with E-state index in [2.05, 4.69) is 46.8 Å². The molecule has 0 aliphatic carbocycles. The molecule has 0 bridgehead atoms. The van der Waals surface area contributed by atoms with Crippen molar-refractivity contribution in [2.45, 2.75) is 71.5 Å². The quantitative estimate of drug-likeness (QED) is 0.0334. The summed E-state index contributed by atoms with van der Waals surface area (Å²) in [5.74, 6) is 0.196. The molecule has 235 valence electrons. The van der Waals surface area contributed by atoms with Crippen LogP contribution in [0, 0.1) is 45.6 Å². The van der Waals surface area contributed by atoms with Gasteiger partial charge in [-0.15, -0.1) is 0 Å². The van der Waals surface area contributed by atoms with Gasteiger partial charge in [-0.05, 0) is 69.1 Å². The molecular formula is C36H40FeO7-. The van der Waals surface area contributed by atoms with Gasteiger partial charge in [0.15, 0.2) is 6.10 Å². The Balaban J connectivity index is -0.00000225. The maximum absolute atomic E-state index is 12.8. The molecule has 3 radical (unpaired) electrons. The minimum absolute atomic E-state index is 0. The van der Waals surface area contributed by atoms with Crippen LogP contribution in [0.2, 0.25) is 0 Å². The van der Waals surface area contributed by atoms with E-state index in [0.717, 1.165) is 55.2 Å². The van der Waals surface area contributed by atoms with E-state index >= 15 is 0 Å². The number of hydrogen-bond acceptors (Lipinski definition) is 4. The summed E-state index contributed by atoms with van der Waals surface area (Å²) in [5, 5.41) is 0. The molecule has 0 spiro atoms. The summed E-state index contributed by atoms with van der Waals surface area (Å²) in [7, 11) is 0. The van der Waals surface area contributed by atoms with Gasteiger partial charge in [0, 0.05) is 29.6 Å². The molecule has 0 aliphatic heterocycles. The van der Waals surface area contributed by atoms with Gasteiger partial charge < -0.3 is 14.3 Å². The van der Waals surface area contributed by atoms with E-state index in [4.69, 9.17) is 23.4 Å². The van der Waals surface area contributed by atoms with Crippen LogP contribution in [0.15, 0.2) is 84.0 Å². The molecule has 0 fully saturated rings. The zero-order chi connectivity index (χ0) is 32.9. The Hall–Kier alpha value is -3.40. The summed E-state index contributed by atoms with van der Waals surface area (Å²) in [6.07, 6.45) is 12.5. The Labute approximate surface area is 274 Å². The maximum atomic E-state index is 12.8. The smallest absolute Gasteiger partial charge is 0.331 e. The molecule has 0 heterocycles. The van der Waals surface area contributed by atoms with Crippen LogP contribution in [-0.4, -0.2) is 18.5 Å². The summed E-state index contributed by atoms with van der Waals surface area (Å²) in [5.41, 5.74) is 4.01. The van der Waals surface area contributed by atoms with E-state index in [-0.39, 0.29) is 29.1 Å². The first-order valence-corrected chi connectivity index (χ1v) is 13.7. The number of carbonyl (C=O) groups is 1. The van der Waals surface area contributed by atoms with Gasteiger partial charge in [0.1, 0.15) is 0 Å². The third kappa shape index (κ3) is 21.3. The van der Waals surface area contributed by atoms with Crippen molar-refractivity contribution in [2.24, 2.45) is 5.92 Å². The summed E-state index contributed by atoms with van der Waals surface area (Å²) in [6.45, 7) is 25.0. The molecule has 0 N–H and O–H groups in total. The standard InChI is InChI=1S/C33H40O4.3CO.Fe/c1-5-15-31(36-25-34)21-14-6-9-16-26(2)22-27(3)23-28(4)24-32(35)37-33(29-17-10-7-11-18-29)30-19-12-8-13-20-30;3*1-2;/h5,7-8,10-13,15,17-20,23-24,26,31,33H,1,6,9,14,16,21-22H2,2-4H3;;;;/q-1;;;;/b27-23+,28-24+;;;;/t26-,31+;;;;/m1..../s1. The van der Waals surface area contributed by atoms with Gasteiger partial charge in [0.25, 0.3) is 0 Å². The van der Waals surface area contributed by atoms with E-state index < -0.39 is 6.10 Å². The predicted molar refractivity (Wildman–Crippen MR) is 162 cm³/mol. The molecule has 0 amide bonds. The Bertz CT molecular complexity index is 1070. The molecule has 0 unspecified atom stereocenters. The van der Waals surface area contributed by atoms with Gasteiger partial charge in [-0.25, -0.2) is 4.79 Å². The summed E-state index contributed by atoms with van der Waals surface area (Å²) in [6, 6.07) is 19.6. The number of ether oxygens (including phenoxy) is 2. The van der Waals surface area contributed by atoms with Crippen molar-refractivity contribution < 1.29 is 50.1 Å². The molecule has 0 saturated heterocycles. The van der Waals surface area contributed by atoms with Crippen molar-refractivity contribution in [1.29, 1.82) is 0 Å². The fourth-order valence-electron chi connectivity index (χ4n) is 4.48. The van der Waals surface area contributed by atoms with Crippen LogP contribution >= 0.6 is 0 Å². The first kappa shape index (κ1) is 45.0. The van der Waals surface area contributed by atoms with Crippen molar-refractivity contribution in [1.82, 2.24) is 0 Å². The average Bonchev–Trinajstić information content (AvgIpc) is 3.03. The molecule has 8 heteroatoms. The first-order valence-electron chi connectivity index (χ1n) is 13.7. The van der Waals surface area contributed by atoms with Crippen molar-refractivity contribution in [3.05, 3.63) is 135 Å². The average molecular weight is 641 g/mol. The normalized spacial score (nSPS) is 11.7. The van der Waals surface area contributed by atoms with Gasteiger partial charge in [0.2, 0.25) is 0 Å². The Morgan fingerprint density at radius 1 is 0.864 bits per heavy atom. The SMILES string of the molecule is [C-]#[O+].[C-]#[O+].[C-]#[O+].[CH2][CH][CH][C@@H](CCCCC[C@@H](C)C/C(C)=C/C(C)=C/C(=O)OC(c1ccccc1)c1ccccc1)O[C-]=O.[Fe]. The molecule has 0 aromatic heterocycles. The van der Waals surface area contributed by atoms with Crippen LogP contribution in [0.1, 0.15) is 76.5 Å². The Morgan fingerprint density at radius 2 is 1.36 bits per heavy atom. The molecule has 2 rings (SSSR count). The van der Waals surface area contributed by atoms with Crippen molar-refractivity contribution >= 4 is 12.4 Å². The van der Waals surface area contributed by atoms with Gasteiger partial charge in [-0.1, -0.05) is 105 Å². The third-order valence-corrected chi connectivity index (χ3v) is 6.16. The van der Waals surface area contributed by atoms with Crippen molar-refractivity contribution in [3.63, 3.8) is 0 Å². The number of carbonyl (C=O) groups excluding carboxylic acids is 2. The van der Waals surface area contributed by atoms with E-state index in [1.165, 1.54) is 12.0 Å². The Kier molecular flexibility index (Phi) is 31.8. The van der Waals surface area contributed by atoms with Crippen LogP contribution in [0.5, 0.6) is 0 Å². The molecule has 7 nitrogen and oxygen atoms in total. The molecule has 44 heavy (non-hydrogen) atoms. The molecule has 2 atom stereocenters. The number of rotatable bonds is 17. The monoisotopic (exact) mass is 640 g/mol. The van der Waals surface area contributed by atoms with E-state index in [0.29, 0.717) is 5.92 Å². The maximum Gasteiger partial charge on any atom is 0.331 e. The predicted octanol–water partition coefficient (Wildman–Crippen LogP) is 7.77. The molecule has 2 aromatic rings. The van der Waals surface area contributed by atoms with Crippen LogP contribution in [0.4, 0.5) is 0 Å². The van der Waals surface area contributed by atoms with Crippen LogP contribution < -0.4 is 0 Å². The second-order valence-electron chi connectivity index (χ2n) is 9.63. The topological polar surface area (TPSA) is 112 Å². The second kappa shape index (κ2) is 31.0. The minimum Gasteiger partial charge on any atom is -0.650 e. The fourth-order valence-corrected chi connectivity index (χ4v) is 4.48. The van der Waals surface area contributed by atoms with Crippen LogP contribution in [0.25, 0.3) is 0 Å². The van der Waals surface area contributed by atoms with Crippen molar-refractivity contribution in [2.75, 3.05) is 0 Å². The zero-order valence-corrected chi connectivity index (χ0v) is 26.6. The number of unbranched alkanes of at least 4 members (excludes halogenated alkanes) is 2. The van der Waals surface area contributed by atoms with Gasteiger partial charge in [-0.3, -0.25) is 0 Å². The fraction of sp³-hybridized carbons (Fsp3) is 0.333. The largest absolute Gasteiger partial charge is 0.650 e. The van der Waals surface area contributed by atoms with Crippen LogP contribution in [0.3, 0.4) is 0 Å². The summed E-state index contributed by atoms with van der Waals surface area (Å²) < 4.78 is 33.3. The molecule has 0 saturated carbocycles. The van der Waals surface area contributed by atoms with E-state index in [9.17, 15) is 9.59 Å². The zero-order valence-electron chi connectivity index (χ0n) is 25.5.